The zero-order valence-corrected chi connectivity index (χ0v) is 17.1. The van der Waals surface area contributed by atoms with Crippen LogP contribution in [0.15, 0.2) is 60.7 Å². The van der Waals surface area contributed by atoms with Crippen LogP contribution >= 0.6 is 11.3 Å². The first-order valence-electron chi connectivity index (χ1n) is 9.38. The summed E-state index contributed by atoms with van der Waals surface area (Å²) in [6.07, 6.45) is -0.624. The maximum absolute atomic E-state index is 13.2. The van der Waals surface area contributed by atoms with Gasteiger partial charge in [0.15, 0.2) is 0 Å². The van der Waals surface area contributed by atoms with Gasteiger partial charge in [0.1, 0.15) is 24.3 Å². The molecule has 28 heavy (non-hydrogen) atoms. The molecule has 0 fully saturated rings. The second-order valence-electron chi connectivity index (χ2n) is 7.04. The van der Waals surface area contributed by atoms with Gasteiger partial charge in [-0.15, -0.1) is 11.3 Å². The molecule has 0 radical (unpaired) electrons. The lowest BCUT2D eigenvalue weighted by Gasteiger charge is -2.25. The van der Waals surface area contributed by atoms with E-state index in [9.17, 15) is 9.50 Å². The molecular formula is C23H26FNO2S. The summed E-state index contributed by atoms with van der Waals surface area (Å²) in [5.74, 6) is 0.552. The molecule has 0 amide bonds. The number of ether oxygens (including phenoxy) is 1. The average Bonchev–Trinajstić information content (AvgIpc) is 3.07. The van der Waals surface area contributed by atoms with Crippen LogP contribution in [0, 0.1) is 19.7 Å². The molecule has 1 aromatic heterocycles. The van der Waals surface area contributed by atoms with Gasteiger partial charge in [0.05, 0.1) is 0 Å². The van der Waals surface area contributed by atoms with Crippen LogP contribution in [0.5, 0.6) is 5.75 Å². The van der Waals surface area contributed by atoms with Gasteiger partial charge in [0, 0.05) is 29.4 Å². The van der Waals surface area contributed by atoms with E-state index in [4.69, 9.17) is 4.74 Å². The molecule has 0 spiro atoms. The van der Waals surface area contributed by atoms with Crippen molar-refractivity contribution in [2.45, 2.75) is 33.0 Å². The van der Waals surface area contributed by atoms with E-state index >= 15 is 0 Å². The van der Waals surface area contributed by atoms with Crippen molar-refractivity contribution in [1.29, 1.82) is 0 Å². The minimum absolute atomic E-state index is 0.230. The lowest BCUT2D eigenvalue weighted by atomic mass is 10.2. The number of para-hydroxylation sites is 1. The van der Waals surface area contributed by atoms with Crippen molar-refractivity contribution in [3.63, 3.8) is 0 Å². The van der Waals surface area contributed by atoms with Crippen LogP contribution in [0.25, 0.3) is 0 Å². The summed E-state index contributed by atoms with van der Waals surface area (Å²) in [4.78, 5) is 4.68. The highest BCUT2D eigenvalue weighted by molar-refractivity contribution is 7.11. The van der Waals surface area contributed by atoms with Crippen molar-refractivity contribution >= 4 is 11.3 Å². The zero-order valence-electron chi connectivity index (χ0n) is 16.3. The molecule has 1 heterocycles. The van der Waals surface area contributed by atoms with Gasteiger partial charge in [-0.2, -0.15) is 0 Å². The Bertz CT molecular complexity index is 878. The molecule has 0 unspecified atom stereocenters. The van der Waals surface area contributed by atoms with Gasteiger partial charge in [-0.1, -0.05) is 30.3 Å². The first kappa shape index (κ1) is 20.5. The summed E-state index contributed by atoms with van der Waals surface area (Å²) >= 11 is 1.75. The number of hydrogen-bond acceptors (Lipinski definition) is 4. The largest absolute Gasteiger partial charge is 0.491 e. The van der Waals surface area contributed by atoms with Crippen molar-refractivity contribution in [2.75, 3.05) is 13.2 Å². The third kappa shape index (κ3) is 6.16. The van der Waals surface area contributed by atoms with Crippen LogP contribution in [-0.2, 0) is 13.1 Å². The van der Waals surface area contributed by atoms with E-state index in [1.54, 1.807) is 23.5 Å². The number of hydrogen-bond donors (Lipinski definition) is 1. The predicted molar refractivity (Wildman–Crippen MR) is 112 cm³/mol. The third-order valence-electron chi connectivity index (χ3n) is 4.49. The molecule has 3 nitrogen and oxygen atoms in total. The molecule has 0 aliphatic heterocycles. The molecule has 0 bridgehead atoms. The van der Waals surface area contributed by atoms with Gasteiger partial charge in [-0.05, 0) is 55.3 Å². The first-order chi connectivity index (χ1) is 13.5. The minimum Gasteiger partial charge on any atom is -0.491 e. The second-order valence-corrected chi connectivity index (χ2v) is 8.41. The van der Waals surface area contributed by atoms with Crippen LogP contribution in [0.2, 0.25) is 0 Å². The Balaban J connectivity index is 1.63. The van der Waals surface area contributed by atoms with Crippen molar-refractivity contribution in [1.82, 2.24) is 4.90 Å². The zero-order chi connectivity index (χ0) is 19.9. The van der Waals surface area contributed by atoms with Crippen LogP contribution in [0.3, 0.4) is 0 Å². The monoisotopic (exact) mass is 399 g/mol. The maximum Gasteiger partial charge on any atom is 0.123 e. The fourth-order valence-electron chi connectivity index (χ4n) is 3.08. The summed E-state index contributed by atoms with van der Waals surface area (Å²) in [5, 5.41) is 10.6. The molecule has 0 saturated carbocycles. The lowest BCUT2D eigenvalue weighted by Crippen LogP contribution is -2.35. The molecule has 5 heteroatoms. The lowest BCUT2D eigenvalue weighted by molar-refractivity contribution is 0.0630. The molecular weight excluding hydrogens is 373 g/mol. The van der Waals surface area contributed by atoms with Crippen molar-refractivity contribution in [3.05, 3.63) is 87.4 Å². The van der Waals surface area contributed by atoms with Crippen molar-refractivity contribution < 1.29 is 14.2 Å². The van der Waals surface area contributed by atoms with Gasteiger partial charge in [0.25, 0.3) is 0 Å². The van der Waals surface area contributed by atoms with E-state index in [0.717, 1.165) is 23.4 Å². The molecule has 3 aromatic rings. The standard InChI is InChI=1S/C23H26FNO2S/c1-17-5-3-4-6-23(17)27-16-21(26)14-25(15-22-12-7-18(2)28-22)13-19-8-10-20(24)11-9-19/h3-12,21,26H,13-16H2,1-2H3/t21-/m0/s1. The summed E-state index contributed by atoms with van der Waals surface area (Å²) in [6, 6.07) is 18.5. The molecule has 3 rings (SSSR count). The normalized spacial score (nSPS) is 12.3. The maximum atomic E-state index is 13.2. The Hall–Kier alpha value is -2.21. The van der Waals surface area contributed by atoms with Gasteiger partial charge in [0.2, 0.25) is 0 Å². The third-order valence-corrected chi connectivity index (χ3v) is 5.47. The summed E-state index contributed by atoms with van der Waals surface area (Å²) in [5.41, 5.74) is 2.06. The Morgan fingerprint density at radius 1 is 1.00 bits per heavy atom. The van der Waals surface area contributed by atoms with Gasteiger partial charge >= 0.3 is 0 Å². The highest BCUT2D eigenvalue weighted by Crippen LogP contribution is 2.20. The van der Waals surface area contributed by atoms with Crippen LogP contribution < -0.4 is 4.74 Å². The molecule has 0 saturated heterocycles. The Morgan fingerprint density at radius 3 is 2.43 bits per heavy atom. The molecule has 0 aliphatic carbocycles. The van der Waals surface area contributed by atoms with Gasteiger partial charge in [-0.3, -0.25) is 4.90 Å². The molecule has 2 aromatic carbocycles. The van der Waals surface area contributed by atoms with Crippen LogP contribution in [0.1, 0.15) is 20.9 Å². The Labute approximate surface area is 170 Å². The SMILES string of the molecule is Cc1ccc(CN(Cc2ccc(F)cc2)C[C@H](O)COc2ccccc2C)s1. The minimum atomic E-state index is -0.624. The number of aliphatic hydroxyl groups excluding tert-OH is 1. The quantitative estimate of drug-likeness (QED) is 0.553. The number of rotatable bonds is 9. The fraction of sp³-hybridized carbons (Fsp3) is 0.304. The highest BCUT2D eigenvalue weighted by atomic mass is 32.1. The summed E-state index contributed by atoms with van der Waals surface area (Å²) in [7, 11) is 0. The number of aryl methyl sites for hydroxylation is 2. The smallest absolute Gasteiger partial charge is 0.123 e. The first-order valence-corrected chi connectivity index (χ1v) is 10.2. The number of thiophene rings is 1. The summed E-state index contributed by atoms with van der Waals surface area (Å²) in [6.45, 7) is 6.15. The van der Waals surface area contributed by atoms with Gasteiger partial charge in [-0.25, -0.2) is 4.39 Å². The van der Waals surface area contributed by atoms with Gasteiger partial charge < -0.3 is 9.84 Å². The van der Waals surface area contributed by atoms with E-state index in [1.807, 2.05) is 31.2 Å². The topological polar surface area (TPSA) is 32.7 Å². The van der Waals surface area contributed by atoms with E-state index < -0.39 is 6.10 Å². The molecule has 1 N–H and O–H groups in total. The number of nitrogens with zero attached hydrogens (tertiary/aromatic N) is 1. The predicted octanol–water partition coefficient (Wildman–Crippen LogP) is 4.95. The molecule has 148 valence electrons. The Kier molecular flexibility index (Phi) is 7.20. The number of aliphatic hydroxyl groups is 1. The highest BCUT2D eigenvalue weighted by Gasteiger charge is 2.15. The number of benzene rings is 2. The Morgan fingerprint density at radius 2 is 1.75 bits per heavy atom. The number of halogens is 1. The molecule has 1 atom stereocenters. The van der Waals surface area contributed by atoms with E-state index in [2.05, 4.69) is 24.0 Å². The van der Waals surface area contributed by atoms with Crippen molar-refractivity contribution in [3.8, 4) is 5.75 Å². The fourth-order valence-corrected chi connectivity index (χ4v) is 4.01. The van der Waals surface area contributed by atoms with Crippen molar-refractivity contribution in [2.24, 2.45) is 0 Å². The van der Waals surface area contributed by atoms with E-state index in [1.165, 1.54) is 21.9 Å². The summed E-state index contributed by atoms with van der Waals surface area (Å²) < 4.78 is 19.0. The average molecular weight is 400 g/mol. The van der Waals surface area contributed by atoms with E-state index in [0.29, 0.717) is 13.1 Å². The van der Waals surface area contributed by atoms with Crippen LogP contribution in [0.4, 0.5) is 4.39 Å². The van der Waals surface area contributed by atoms with Crippen LogP contribution in [-0.4, -0.2) is 29.3 Å². The molecule has 0 aliphatic rings. The second kappa shape index (κ2) is 9.82. The van der Waals surface area contributed by atoms with E-state index in [-0.39, 0.29) is 12.4 Å².